The van der Waals surface area contributed by atoms with E-state index in [2.05, 4.69) is 15.0 Å². The van der Waals surface area contributed by atoms with Crippen LogP contribution in [0.2, 0.25) is 5.02 Å². The molecule has 1 amide bonds. The average molecular weight is 370 g/mol. The molecular formula is C19H20ClN5O. The highest BCUT2D eigenvalue weighted by Crippen LogP contribution is 2.19. The first-order valence-corrected chi connectivity index (χ1v) is 9.13. The summed E-state index contributed by atoms with van der Waals surface area (Å²) in [5, 5.41) is 6.06. The van der Waals surface area contributed by atoms with E-state index in [1.807, 2.05) is 46.0 Å². The van der Waals surface area contributed by atoms with E-state index in [4.69, 9.17) is 11.6 Å². The number of aromatic nitrogens is 3. The van der Waals surface area contributed by atoms with E-state index in [0.29, 0.717) is 18.0 Å². The zero-order valence-corrected chi connectivity index (χ0v) is 15.1. The summed E-state index contributed by atoms with van der Waals surface area (Å²) in [5.41, 5.74) is 1.00. The summed E-state index contributed by atoms with van der Waals surface area (Å²) < 4.78 is 1.87. The zero-order valence-electron chi connectivity index (χ0n) is 14.4. The molecule has 0 N–H and O–H groups in total. The van der Waals surface area contributed by atoms with Gasteiger partial charge in [0.2, 0.25) is 5.91 Å². The van der Waals surface area contributed by atoms with E-state index in [0.717, 1.165) is 42.9 Å². The monoisotopic (exact) mass is 369 g/mol. The van der Waals surface area contributed by atoms with Gasteiger partial charge in [-0.05, 0) is 30.3 Å². The van der Waals surface area contributed by atoms with Gasteiger partial charge in [-0.25, -0.2) is 4.98 Å². The predicted molar refractivity (Wildman–Crippen MR) is 102 cm³/mol. The fourth-order valence-corrected chi connectivity index (χ4v) is 3.50. The molecule has 0 unspecified atom stereocenters. The third-order valence-corrected chi connectivity index (χ3v) is 4.98. The molecule has 2 aromatic heterocycles. The van der Waals surface area contributed by atoms with Gasteiger partial charge in [0.25, 0.3) is 0 Å². The molecule has 1 aliphatic heterocycles. The normalized spacial score (nSPS) is 14.8. The van der Waals surface area contributed by atoms with Crippen molar-refractivity contribution in [2.24, 2.45) is 0 Å². The number of fused-ring (bicyclic) bond motifs is 1. The van der Waals surface area contributed by atoms with Crippen LogP contribution in [-0.2, 0) is 11.3 Å². The fourth-order valence-electron chi connectivity index (χ4n) is 3.32. The van der Waals surface area contributed by atoms with Gasteiger partial charge in [0, 0.05) is 49.2 Å². The highest BCUT2D eigenvalue weighted by Gasteiger charge is 2.21. The molecular weight excluding hydrogens is 350 g/mol. The number of carbonyl (C=O) groups excluding carboxylic acids is 1. The van der Waals surface area contributed by atoms with Crippen LogP contribution < -0.4 is 4.90 Å². The molecule has 0 bridgehead atoms. The van der Waals surface area contributed by atoms with Gasteiger partial charge in [-0.1, -0.05) is 17.7 Å². The van der Waals surface area contributed by atoms with Gasteiger partial charge >= 0.3 is 0 Å². The SMILES string of the molecule is O=C(CCn1ncc2cc(Cl)ccc21)N1CCN(c2ccccn2)CC1. The smallest absolute Gasteiger partial charge is 0.224 e. The van der Waals surface area contributed by atoms with Crippen LogP contribution in [0.25, 0.3) is 10.9 Å². The first-order valence-electron chi connectivity index (χ1n) is 8.75. The van der Waals surface area contributed by atoms with E-state index in [-0.39, 0.29) is 5.91 Å². The minimum Gasteiger partial charge on any atom is -0.353 e. The van der Waals surface area contributed by atoms with Crippen molar-refractivity contribution in [3.8, 4) is 0 Å². The number of piperazine rings is 1. The Kier molecular flexibility index (Phi) is 4.75. The molecule has 1 aromatic carbocycles. The van der Waals surface area contributed by atoms with E-state index >= 15 is 0 Å². The molecule has 7 heteroatoms. The van der Waals surface area contributed by atoms with Crippen LogP contribution in [-0.4, -0.2) is 51.8 Å². The molecule has 1 aliphatic rings. The van der Waals surface area contributed by atoms with E-state index in [9.17, 15) is 4.79 Å². The lowest BCUT2D eigenvalue weighted by atomic mass is 10.2. The third kappa shape index (κ3) is 3.51. The van der Waals surface area contributed by atoms with Gasteiger partial charge in [0.1, 0.15) is 5.82 Å². The standard InChI is InChI=1S/C19H20ClN5O/c20-16-4-5-17-15(13-16)14-22-25(17)8-6-19(26)24-11-9-23(10-12-24)18-3-1-2-7-21-18/h1-5,7,13-14H,6,8-12H2. The van der Waals surface area contributed by atoms with Crippen molar-refractivity contribution in [1.82, 2.24) is 19.7 Å². The van der Waals surface area contributed by atoms with Crippen LogP contribution in [0.3, 0.4) is 0 Å². The Balaban J connectivity index is 1.33. The Morgan fingerprint density at radius 2 is 1.96 bits per heavy atom. The van der Waals surface area contributed by atoms with Gasteiger partial charge in [-0.2, -0.15) is 5.10 Å². The van der Waals surface area contributed by atoms with Crippen LogP contribution in [0.5, 0.6) is 0 Å². The summed E-state index contributed by atoms with van der Waals surface area (Å²) in [6.45, 7) is 3.65. The Bertz CT molecular complexity index is 903. The first-order chi connectivity index (χ1) is 12.7. The largest absolute Gasteiger partial charge is 0.353 e. The zero-order chi connectivity index (χ0) is 17.9. The Morgan fingerprint density at radius 3 is 2.73 bits per heavy atom. The summed E-state index contributed by atoms with van der Waals surface area (Å²) in [7, 11) is 0. The Labute approximate surface area is 157 Å². The molecule has 6 nitrogen and oxygen atoms in total. The quantitative estimate of drug-likeness (QED) is 0.709. The van der Waals surface area contributed by atoms with Crippen LogP contribution in [0.4, 0.5) is 5.82 Å². The lowest BCUT2D eigenvalue weighted by molar-refractivity contribution is -0.131. The van der Waals surface area contributed by atoms with E-state index in [1.54, 1.807) is 12.4 Å². The fraction of sp³-hybridized carbons (Fsp3) is 0.316. The van der Waals surface area contributed by atoms with Crippen molar-refractivity contribution < 1.29 is 4.79 Å². The van der Waals surface area contributed by atoms with Crippen LogP contribution >= 0.6 is 11.6 Å². The summed E-state index contributed by atoms with van der Waals surface area (Å²) in [4.78, 5) is 21.1. The molecule has 0 radical (unpaired) electrons. The highest BCUT2D eigenvalue weighted by molar-refractivity contribution is 6.31. The minimum absolute atomic E-state index is 0.170. The molecule has 0 spiro atoms. The second-order valence-corrected chi connectivity index (χ2v) is 6.81. The maximum atomic E-state index is 12.6. The minimum atomic E-state index is 0.170. The number of hydrogen-bond donors (Lipinski definition) is 0. The van der Waals surface area contributed by atoms with Gasteiger partial charge < -0.3 is 9.80 Å². The molecule has 3 heterocycles. The molecule has 0 atom stereocenters. The van der Waals surface area contributed by atoms with Crippen molar-refractivity contribution in [3.05, 3.63) is 53.8 Å². The number of pyridine rings is 1. The number of amides is 1. The molecule has 26 heavy (non-hydrogen) atoms. The summed E-state index contributed by atoms with van der Waals surface area (Å²) in [6.07, 6.45) is 4.04. The summed E-state index contributed by atoms with van der Waals surface area (Å²) >= 11 is 6.01. The lowest BCUT2D eigenvalue weighted by Gasteiger charge is -2.35. The second kappa shape index (κ2) is 7.33. The molecule has 0 aliphatic carbocycles. The molecule has 3 aromatic rings. The average Bonchev–Trinajstić information content (AvgIpc) is 3.09. The molecule has 1 fully saturated rings. The molecule has 0 saturated carbocycles. The van der Waals surface area contributed by atoms with Gasteiger partial charge in [0.05, 0.1) is 18.3 Å². The second-order valence-electron chi connectivity index (χ2n) is 6.38. The number of hydrogen-bond acceptors (Lipinski definition) is 4. The van der Waals surface area contributed by atoms with Gasteiger partial charge in [-0.15, -0.1) is 0 Å². The summed E-state index contributed by atoms with van der Waals surface area (Å²) in [5.74, 6) is 1.14. The van der Waals surface area contributed by atoms with Crippen molar-refractivity contribution in [2.45, 2.75) is 13.0 Å². The predicted octanol–water partition coefficient (Wildman–Crippen LogP) is 2.82. The molecule has 1 saturated heterocycles. The van der Waals surface area contributed by atoms with Crippen molar-refractivity contribution in [1.29, 1.82) is 0 Å². The van der Waals surface area contributed by atoms with Crippen molar-refractivity contribution >= 4 is 34.2 Å². The highest BCUT2D eigenvalue weighted by atomic mass is 35.5. The molecule has 134 valence electrons. The third-order valence-electron chi connectivity index (χ3n) is 4.75. The first kappa shape index (κ1) is 16.8. The number of aryl methyl sites for hydroxylation is 1. The van der Waals surface area contributed by atoms with E-state index in [1.165, 1.54) is 0 Å². The Hall–Kier alpha value is -2.60. The van der Waals surface area contributed by atoms with Crippen molar-refractivity contribution in [3.63, 3.8) is 0 Å². The van der Waals surface area contributed by atoms with E-state index < -0.39 is 0 Å². The summed E-state index contributed by atoms with van der Waals surface area (Å²) in [6, 6.07) is 11.6. The number of halogens is 1. The number of nitrogens with zero attached hydrogens (tertiary/aromatic N) is 5. The van der Waals surface area contributed by atoms with Crippen LogP contribution in [0, 0.1) is 0 Å². The van der Waals surface area contributed by atoms with Gasteiger partial charge in [0.15, 0.2) is 0 Å². The number of benzene rings is 1. The number of rotatable bonds is 4. The topological polar surface area (TPSA) is 54.3 Å². The number of carbonyl (C=O) groups is 1. The Morgan fingerprint density at radius 1 is 1.12 bits per heavy atom. The van der Waals surface area contributed by atoms with Crippen LogP contribution in [0.1, 0.15) is 6.42 Å². The maximum Gasteiger partial charge on any atom is 0.224 e. The van der Waals surface area contributed by atoms with Crippen LogP contribution in [0.15, 0.2) is 48.8 Å². The van der Waals surface area contributed by atoms with Crippen molar-refractivity contribution in [2.75, 3.05) is 31.1 Å². The maximum absolute atomic E-state index is 12.6. The van der Waals surface area contributed by atoms with Gasteiger partial charge in [-0.3, -0.25) is 9.48 Å². The molecule has 4 rings (SSSR count). The number of anilines is 1. The lowest BCUT2D eigenvalue weighted by Crippen LogP contribution is -2.49.